The Morgan fingerprint density at radius 2 is 1.92 bits per heavy atom. The normalized spacial score (nSPS) is 10.3. The molecule has 26 heavy (non-hydrogen) atoms. The van der Waals surface area contributed by atoms with E-state index in [-0.39, 0.29) is 5.69 Å². The van der Waals surface area contributed by atoms with Crippen molar-refractivity contribution in [3.63, 3.8) is 0 Å². The van der Waals surface area contributed by atoms with E-state index in [0.29, 0.717) is 22.4 Å². The molecule has 0 aliphatic rings. The molecule has 1 heterocycles. The molecule has 3 rings (SSSR count). The second-order valence-corrected chi connectivity index (χ2v) is 6.28. The van der Waals surface area contributed by atoms with Crippen LogP contribution in [0.2, 0.25) is 5.02 Å². The molecule has 0 saturated heterocycles. The number of nitrogens with one attached hydrogen (secondary N) is 2. The predicted octanol–water partition coefficient (Wildman–Crippen LogP) is 4.30. The third kappa shape index (κ3) is 4.78. The van der Waals surface area contributed by atoms with Crippen molar-refractivity contribution >= 4 is 46.0 Å². The van der Waals surface area contributed by atoms with Crippen molar-refractivity contribution in [2.24, 2.45) is 0 Å². The summed E-state index contributed by atoms with van der Waals surface area (Å²) in [4.78, 5) is 10.2. The van der Waals surface area contributed by atoms with E-state index in [1.54, 1.807) is 23.0 Å². The van der Waals surface area contributed by atoms with Gasteiger partial charge in [0.15, 0.2) is 5.11 Å². The highest BCUT2D eigenvalue weighted by Gasteiger charge is 2.06. The summed E-state index contributed by atoms with van der Waals surface area (Å²) in [5.41, 5.74) is 2.45. The van der Waals surface area contributed by atoms with Crippen LogP contribution in [0.15, 0.2) is 60.9 Å². The summed E-state index contributed by atoms with van der Waals surface area (Å²) in [6, 6.07) is 13.6. The molecule has 0 bridgehead atoms. The van der Waals surface area contributed by atoms with Crippen LogP contribution in [-0.2, 0) is 6.54 Å². The molecule has 7 nitrogen and oxygen atoms in total. The van der Waals surface area contributed by atoms with Gasteiger partial charge in [-0.3, -0.25) is 14.8 Å². The number of halogens is 1. The van der Waals surface area contributed by atoms with E-state index in [4.69, 9.17) is 23.8 Å². The van der Waals surface area contributed by atoms with E-state index in [1.165, 1.54) is 12.1 Å². The van der Waals surface area contributed by atoms with Gasteiger partial charge in [0, 0.05) is 29.0 Å². The first-order valence-corrected chi connectivity index (χ1v) is 8.37. The molecule has 0 unspecified atom stereocenters. The Kier molecular flexibility index (Phi) is 5.45. The Bertz CT molecular complexity index is 942. The molecule has 0 amide bonds. The lowest BCUT2D eigenvalue weighted by Gasteiger charge is -2.08. The average Bonchev–Trinajstić information content (AvgIpc) is 3.02. The minimum atomic E-state index is -0.450. The quantitative estimate of drug-likeness (QED) is 0.385. The summed E-state index contributed by atoms with van der Waals surface area (Å²) < 4.78 is 1.77. The fourth-order valence-electron chi connectivity index (χ4n) is 2.30. The van der Waals surface area contributed by atoms with Crippen molar-refractivity contribution < 1.29 is 4.92 Å². The molecule has 0 radical (unpaired) electrons. The second kappa shape index (κ2) is 7.94. The van der Waals surface area contributed by atoms with Gasteiger partial charge in [-0.05, 0) is 42.0 Å². The molecule has 0 atom stereocenters. The van der Waals surface area contributed by atoms with Crippen LogP contribution in [0.1, 0.15) is 5.56 Å². The SMILES string of the molecule is O=[N+]([O-])c1ccc(NC(=S)Nc2cnn(Cc3cccc(Cl)c3)c2)cc1. The van der Waals surface area contributed by atoms with E-state index in [1.807, 2.05) is 30.5 Å². The Hall–Kier alpha value is -2.97. The largest absolute Gasteiger partial charge is 0.332 e. The third-order valence-corrected chi connectivity index (χ3v) is 3.90. The lowest BCUT2D eigenvalue weighted by atomic mass is 10.2. The van der Waals surface area contributed by atoms with E-state index in [9.17, 15) is 10.1 Å². The first-order chi connectivity index (χ1) is 12.5. The number of rotatable bonds is 5. The van der Waals surface area contributed by atoms with Gasteiger partial charge in [-0.25, -0.2) is 0 Å². The molecule has 0 aliphatic heterocycles. The molecule has 132 valence electrons. The Balaban J connectivity index is 1.58. The fraction of sp³-hybridized carbons (Fsp3) is 0.0588. The summed E-state index contributed by atoms with van der Waals surface area (Å²) >= 11 is 11.2. The Morgan fingerprint density at radius 1 is 1.19 bits per heavy atom. The van der Waals surface area contributed by atoms with Crippen LogP contribution in [-0.4, -0.2) is 19.8 Å². The molecule has 9 heteroatoms. The highest BCUT2D eigenvalue weighted by Crippen LogP contribution is 2.16. The number of non-ortho nitro benzene ring substituents is 1. The number of hydrogen-bond acceptors (Lipinski definition) is 4. The predicted molar refractivity (Wildman–Crippen MR) is 106 cm³/mol. The number of hydrogen-bond donors (Lipinski definition) is 2. The highest BCUT2D eigenvalue weighted by atomic mass is 35.5. The maximum absolute atomic E-state index is 10.7. The zero-order chi connectivity index (χ0) is 18.5. The van der Waals surface area contributed by atoms with Crippen LogP contribution >= 0.6 is 23.8 Å². The van der Waals surface area contributed by atoms with Gasteiger partial charge in [0.1, 0.15) is 0 Å². The number of nitro benzene ring substituents is 1. The molecule has 3 aromatic rings. The van der Waals surface area contributed by atoms with Crippen LogP contribution in [0.5, 0.6) is 0 Å². The highest BCUT2D eigenvalue weighted by molar-refractivity contribution is 7.80. The molecular weight excluding hydrogens is 374 g/mol. The second-order valence-electron chi connectivity index (χ2n) is 5.44. The summed E-state index contributed by atoms with van der Waals surface area (Å²) in [5.74, 6) is 0. The number of thiocarbonyl (C=S) groups is 1. The van der Waals surface area contributed by atoms with E-state index in [2.05, 4.69) is 15.7 Å². The van der Waals surface area contributed by atoms with Crippen molar-refractivity contribution in [1.82, 2.24) is 9.78 Å². The number of anilines is 2. The molecule has 0 fully saturated rings. The van der Waals surface area contributed by atoms with Crippen LogP contribution < -0.4 is 10.6 Å². The maximum Gasteiger partial charge on any atom is 0.269 e. The number of nitrogens with zero attached hydrogens (tertiary/aromatic N) is 3. The smallest absolute Gasteiger partial charge is 0.269 e. The molecule has 2 aromatic carbocycles. The van der Waals surface area contributed by atoms with E-state index in [0.717, 1.165) is 11.3 Å². The lowest BCUT2D eigenvalue weighted by molar-refractivity contribution is -0.384. The van der Waals surface area contributed by atoms with E-state index >= 15 is 0 Å². The zero-order valence-electron chi connectivity index (χ0n) is 13.4. The van der Waals surface area contributed by atoms with Gasteiger partial charge in [-0.1, -0.05) is 23.7 Å². The van der Waals surface area contributed by atoms with Crippen molar-refractivity contribution in [2.75, 3.05) is 10.6 Å². The van der Waals surface area contributed by atoms with E-state index < -0.39 is 4.92 Å². The third-order valence-electron chi connectivity index (χ3n) is 3.46. The van der Waals surface area contributed by atoms with Gasteiger partial charge in [0.25, 0.3) is 5.69 Å². The van der Waals surface area contributed by atoms with Gasteiger partial charge in [-0.2, -0.15) is 5.10 Å². The molecule has 0 spiro atoms. The van der Waals surface area contributed by atoms with Crippen molar-refractivity contribution in [2.45, 2.75) is 6.54 Å². The van der Waals surface area contributed by atoms with Gasteiger partial charge in [-0.15, -0.1) is 0 Å². The number of aromatic nitrogens is 2. The topological polar surface area (TPSA) is 85.0 Å². The van der Waals surface area contributed by atoms with Crippen molar-refractivity contribution in [3.8, 4) is 0 Å². The van der Waals surface area contributed by atoms with Gasteiger partial charge in [0.05, 0.1) is 23.4 Å². The minimum absolute atomic E-state index is 0.0247. The minimum Gasteiger partial charge on any atom is -0.332 e. The first-order valence-electron chi connectivity index (χ1n) is 7.59. The van der Waals surface area contributed by atoms with Crippen molar-refractivity contribution in [3.05, 3.63) is 81.6 Å². The number of nitro groups is 1. The van der Waals surface area contributed by atoms with Crippen molar-refractivity contribution in [1.29, 1.82) is 0 Å². The molecular formula is C17H14ClN5O2S. The number of benzene rings is 2. The van der Waals surface area contributed by atoms with Gasteiger partial charge < -0.3 is 10.6 Å². The molecule has 1 aromatic heterocycles. The lowest BCUT2D eigenvalue weighted by Crippen LogP contribution is -2.18. The van der Waals surface area contributed by atoms with Crippen LogP contribution in [0.4, 0.5) is 17.1 Å². The van der Waals surface area contributed by atoms with Crippen LogP contribution in [0.25, 0.3) is 0 Å². The zero-order valence-corrected chi connectivity index (χ0v) is 15.0. The van der Waals surface area contributed by atoms with Crippen LogP contribution in [0, 0.1) is 10.1 Å². The van der Waals surface area contributed by atoms with Crippen LogP contribution in [0.3, 0.4) is 0 Å². The Morgan fingerprint density at radius 3 is 2.62 bits per heavy atom. The molecule has 2 N–H and O–H groups in total. The summed E-state index contributed by atoms with van der Waals surface area (Å²) in [6.07, 6.45) is 3.49. The monoisotopic (exact) mass is 387 g/mol. The average molecular weight is 388 g/mol. The van der Waals surface area contributed by atoms with Gasteiger partial charge in [0.2, 0.25) is 0 Å². The summed E-state index contributed by atoms with van der Waals surface area (Å²) in [5, 5.41) is 22.0. The summed E-state index contributed by atoms with van der Waals surface area (Å²) in [7, 11) is 0. The molecule has 0 aliphatic carbocycles. The standard InChI is InChI=1S/C17H14ClN5O2S/c18-13-3-1-2-12(8-13)10-22-11-15(9-19-22)21-17(26)20-14-4-6-16(7-5-14)23(24)25/h1-9,11H,10H2,(H2,20,21,26). The maximum atomic E-state index is 10.7. The summed E-state index contributed by atoms with van der Waals surface area (Å²) in [6.45, 7) is 0.588. The van der Waals surface area contributed by atoms with Gasteiger partial charge >= 0.3 is 0 Å². The first kappa shape index (κ1) is 17.8. The molecule has 0 saturated carbocycles. The Labute approximate surface area is 159 Å². The fourth-order valence-corrected chi connectivity index (χ4v) is 2.75.